The summed E-state index contributed by atoms with van der Waals surface area (Å²) in [5, 5.41) is 10.5. The molecule has 162 valence electrons. The first kappa shape index (κ1) is 22.1. The SMILES string of the molecule is CN1CCCN(C(=O)CSc2nnc(-c3ccc(Cl)cc3Cl)n2-c2ccccc2)CC1. The molecule has 4 rings (SSSR count). The summed E-state index contributed by atoms with van der Waals surface area (Å²) in [6.45, 7) is 3.47. The van der Waals surface area contributed by atoms with Crippen LogP contribution in [0.3, 0.4) is 0 Å². The maximum Gasteiger partial charge on any atom is 0.233 e. The fourth-order valence-corrected chi connectivity index (χ4v) is 4.88. The van der Waals surface area contributed by atoms with E-state index in [-0.39, 0.29) is 5.91 Å². The molecule has 1 aromatic heterocycles. The number of nitrogens with zero attached hydrogens (tertiary/aromatic N) is 5. The van der Waals surface area contributed by atoms with Crippen LogP contribution in [0.25, 0.3) is 17.1 Å². The molecule has 31 heavy (non-hydrogen) atoms. The van der Waals surface area contributed by atoms with Gasteiger partial charge in [-0.2, -0.15) is 0 Å². The van der Waals surface area contributed by atoms with Gasteiger partial charge in [0.2, 0.25) is 5.91 Å². The summed E-state index contributed by atoms with van der Waals surface area (Å²) in [6, 6.07) is 15.1. The van der Waals surface area contributed by atoms with Crippen molar-refractivity contribution in [1.82, 2.24) is 24.6 Å². The highest BCUT2D eigenvalue weighted by molar-refractivity contribution is 7.99. The van der Waals surface area contributed by atoms with Crippen molar-refractivity contribution in [2.75, 3.05) is 39.0 Å². The summed E-state index contributed by atoms with van der Waals surface area (Å²) in [5.74, 6) is 1.04. The molecule has 3 aromatic rings. The highest BCUT2D eigenvalue weighted by atomic mass is 35.5. The van der Waals surface area contributed by atoms with Crippen LogP contribution in [0.1, 0.15) is 6.42 Å². The van der Waals surface area contributed by atoms with Crippen LogP contribution < -0.4 is 0 Å². The van der Waals surface area contributed by atoms with Crippen LogP contribution in [0, 0.1) is 0 Å². The number of benzene rings is 2. The first-order chi connectivity index (χ1) is 15.0. The fourth-order valence-electron chi connectivity index (χ4n) is 3.53. The van der Waals surface area contributed by atoms with Gasteiger partial charge in [-0.1, -0.05) is 53.2 Å². The van der Waals surface area contributed by atoms with Gasteiger partial charge in [0, 0.05) is 35.9 Å². The molecule has 0 bridgehead atoms. The van der Waals surface area contributed by atoms with Gasteiger partial charge in [-0.15, -0.1) is 10.2 Å². The summed E-state index contributed by atoms with van der Waals surface area (Å²) in [6.07, 6.45) is 0.992. The molecule has 0 N–H and O–H groups in total. The van der Waals surface area contributed by atoms with E-state index in [0.717, 1.165) is 43.9 Å². The van der Waals surface area contributed by atoms with Gasteiger partial charge in [-0.05, 0) is 50.3 Å². The molecule has 0 atom stereocenters. The standard InChI is InChI=1S/C22H23Cl2N5OS/c1-27-10-5-11-28(13-12-27)20(30)15-31-22-26-25-21(18-9-8-16(23)14-19(18)24)29(22)17-6-3-2-4-7-17/h2-4,6-9,14H,5,10-13,15H2,1H3. The molecule has 2 aromatic carbocycles. The summed E-state index contributed by atoms with van der Waals surface area (Å²) in [4.78, 5) is 17.0. The summed E-state index contributed by atoms with van der Waals surface area (Å²) < 4.78 is 1.93. The van der Waals surface area contributed by atoms with Gasteiger partial charge in [0.1, 0.15) is 0 Å². The average Bonchev–Trinajstić information content (AvgIpc) is 3.05. The predicted octanol–water partition coefficient (Wildman–Crippen LogP) is 4.50. The Labute approximate surface area is 196 Å². The molecule has 1 aliphatic heterocycles. The van der Waals surface area contributed by atoms with E-state index in [1.165, 1.54) is 11.8 Å². The minimum Gasteiger partial charge on any atom is -0.341 e. The number of rotatable bonds is 5. The molecule has 0 saturated carbocycles. The van der Waals surface area contributed by atoms with Crippen molar-refractivity contribution in [2.45, 2.75) is 11.6 Å². The molecule has 0 aliphatic carbocycles. The quantitative estimate of drug-likeness (QED) is 0.508. The van der Waals surface area contributed by atoms with Crippen LogP contribution in [-0.2, 0) is 4.79 Å². The van der Waals surface area contributed by atoms with E-state index in [2.05, 4.69) is 22.1 Å². The van der Waals surface area contributed by atoms with Crippen LogP contribution in [0.2, 0.25) is 10.0 Å². The lowest BCUT2D eigenvalue weighted by molar-refractivity contribution is -0.128. The van der Waals surface area contributed by atoms with Crippen molar-refractivity contribution in [3.63, 3.8) is 0 Å². The Kier molecular flexibility index (Phi) is 7.17. The van der Waals surface area contributed by atoms with Crippen LogP contribution in [-0.4, -0.2) is 69.5 Å². The predicted molar refractivity (Wildman–Crippen MR) is 126 cm³/mol. The van der Waals surface area contributed by atoms with E-state index in [4.69, 9.17) is 23.2 Å². The third-order valence-corrected chi connectivity index (χ3v) is 6.68. The van der Waals surface area contributed by atoms with Crippen LogP contribution in [0.5, 0.6) is 0 Å². The number of para-hydroxylation sites is 1. The van der Waals surface area contributed by atoms with Gasteiger partial charge in [-0.25, -0.2) is 0 Å². The van der Waals surface area contributed by atoms with Crippen molar-refractivity contribution in [3.8, 4) is 17.1 Å². The average molecular weight is 476 g/mol. The van der Waals surface area contributed by atoms with E-state index in [9.17, 15) is 4.79 Å². The molecule has 6 nitrogen and oxygen atoms in total. The lowest BCUT2D eigenvalue weighted by Gasteiger charge is -2.20. The van der Waals surface area contributed by atoms with Crippen molar-refractivity contribution in [3.05, 3.63) is 58.6 Å². The van der Waals surface area contributed by atoms with Crippen molar-refractivity contribution >= 4 is 40.9 Å². The van der Waals surface area contributed by atoms with Crippen molar-refractivity contribution in [2.24, 2.45) is 0 Å². The third kappa shape index (κ3) is 5.23. The first-order valence-electron chi connectivity index (χ1n) is 10.1. The maximum absolute atomic E-state index is 12.8. The molecular formula is C22H23Cl2N5OS. The highest BCUT2D eigenvalue weighted by Gasteiger charge is 2.22. The Balaban J connectivity index is 1.61. The Morgan fingerprint density at radius 1 is 1.03 bits per heavy atom. The Morgan fingerprint density at radius 2 is 1.84 bits per heavy atom. The second-order valence-corrected chi connectivity index (χ2v) is 9.21. The highest BCUT2D eigenvalue weighted by Crippen LogP contribution is 2.33. The van der Waals surface area contributed by atoms with Gasteiger partial charge < -0.3 is 9.80 Å². The van der Waals surface area contributed by atoms with E-state index < -0.39 is 0 Å². The van der Waals surface area contributed by atoms with Gasteiger partial charge in [0.15, 0.2) is 11.0 Å². The van der Waals surface area contributed by atoms with Crippen LogP contribution in [0.4, 0.5) is 0 Å². The zero-order valence-corrected chi connectivity index (χ0v) is 19.5. The second-order valence-electron chi connectivity index (χ2n) is 7.43. The Morgan fingerprint density at radius 3 is 2.61 bits per heavy atom. The third-order valence-electron chi connectivity index (χ3n) is 5.22. The smallest absolute Gasteiger partial charge is 0.233 e. The molecule has 1 saturated heterocycles. The van der Waals surface area contributed by atoms with Gasteiger partial charge in [0.25, 0.3) is 0 Å². The Bertz CT molecular complexity index is 1060. The minimum atomic E-state index is 0.119. The number of hydrogen-bond acceptors (Lipinski definition) is 5. The number of aromatic nitrogens is 3. The molecule has 0 spiro atoms. The van der Waals surface area contributed by atoms with Gasteiger partial charge >= 0.3 is 0 Å². The van der Waals surface area contributed by atoms with Gasteiger partial charge in [0.05, 0.1) is 10.8 Å². The Hall–Kier alpha value is -2.06. The zero-order chi connectivity index (χ0) is 21.8. The van der Waals surface area contributed by atoms with E-state index in [0.29, 0.717) is 26.8 Å². The first-order valence-corrected chi connectivity index (χ1v) is 11.8. The molecule has 0 radical (unpaired) electrons. The monoisotopic (exact) mass is 475 g/mol. The summed E-state index contributed by atoms with van der Waals surface area (Å²) in [5.41, 5.74) is 1.64. The largest absolute Gasteiger partial charge is 0.341 e. The van der Waals surface area contributed by atoms with E-state index in [1.807, 2.05) is 45.9 Å². The molecular weight excluding hydrogens is 453 g/mol. The van der Waals surface area contributed by atoms with Crippen molar-refractivity contribution in [1.29, 1.82) is 0 Å². The number of halogens is 2. The van der Waals surface area contributed by atoms with Crippen molar-refractivity contribution < 1.29 is 4.79 Å². The fraction of sp³-hybridized carbons (Fsp3) is 0.318. The lowest BCUT2D eigenvalue weighted by Crippen LogP contribution is -2.35. The lowest BCUT2D eigenvalue weighted by atomic mass is 10.2. The normalized spacial score (nSPS) is 15.1. The van der Waals surface area contributed by atoms with E-state index in [1.54, 1.807) is 12.1 Å². The minimum absolute atomic E-state index is 0.119. The van der Waals surface area contributed by atoms with Crippen LogP contribution in [0.15, 0.2) is 53.7 Å². The molecule has 0 unspecified atom stereocenters. The van der Waals surface area contributed by atoms with E-state index >= 15 is 0 Å². The number of thioether (sulfide) groups is 1. The summed E-state index contributed by atoms with van der Waals surface area (Å²) in [7, 11) is 2.09. The molecule has 1 amide bonds. The number of hydrogen-bond donors (Lipinski definition) is 0. The number of carbonyl (C=O) groups is 1. The topological polar surface area (TPSA) is 54.3 Å². The number of carbonyl (C=O) groups excluding carboxylic acids is 1. The molecule has 1 aliphatic rings. The molecule has 1 fully saturated rings. The molecule has 2 heterocycles. The van der Waals surface area contributed by atoms with Gasteiger partial charge in [-0.3, -0.25) is 9.36 Å². The number of amides is 1. The molecule has 9 heteroatoms. The second kappa shape index (κ2) is 10.0. The van der Waals surface area contributed by atoms with Crippen LogP contribution >= 0.6 is 35.0 Å². The zero-order valence-electron chi connectivity index (χ0n) is 17.2. The number of likely N-dealkylation sites (N-methyl/N-ethyl adjacent to an activating group) is 1. The summed E-state index contributed by atoms with van der Waals surface area (Å²) >= 11 is 13.9. The maximum atomic E-state index is 12.8.